The second kappa shape index (κ2) is 11.0. The molecule has 200 valence electrons. The van der Waals surface area contributed by atoms with Crippen molar-refractivity contribution in [1.82, 2.24) is 19.8 Å². The summed E-state index contributed by atoms with van der Waals surface area (Å²) in [6.45, 7) is 1.84. The van der Waals surface area contributed by atoms with E-state index in [2.05, 4.69) is 22.5 Å². The maximum absolute atomic E-state index is 13.5. The Morgan fingerprint density at radius 2 is 2.05 bits per heavy atom. The predicted octanol–water partition coefficient (Wildman–Crippen LogP) is 5.97. The standard InChI is InChI=1S/C30H28ClFN4O3/c31-21-5-10-27-26(18-21)25-11-14-36(30(37)39-23-8-6-22(32)7-9-23)29(28(25)34-27)20-3-1-4-24(17-20)38-16-2-13-35-15-12-33-19-35/h1,3-10,12,15,17-19,26-27,29,34H,2,11,13-14,16H2. The van der Waals surface area contributed by atoms with Gasteiger partial charge in [0, 0.05) is 42.1 Å². The molecule has 9 heteroatoms. The molecule has 7 nitrogen and oxygen atoms in total. The average molecular weight is 547 g/mol. The summed E-state index contributed by atoms with van der Waals surface area (Å²) < 4.78 is 27.2. The number of benzene rings is 2. The van der Waals surface area contributed by atoms with Crippen LogP contribution in [0.3, 0.4) is 0 Å². The lowest BCUT2D eigenvalue weighted by Crippen LogP contribution is -2.43. The van der Waals surface area contributed by atoms with Crippen LogP contribution in [0.15, 0.2) is 102 Å². The van der Waals surface area contributed by atoms with Gasteiger partial charge >= 0.3 is 6.09 Å². The molecule has 0 spiro atoms. The first-order valence-corrected chi connectivity index (χ1v) is 13.4. The van der Waals surface area contributed by atoms with Crippen molar-refractivity contribution < 1.29 is 18.7 Å². The molecule has 3 aliphatic rings. The van der Waals surface area contributed by atoms with Gasteiger partial charge < -0.3 is 19.4 Å². The minimum atomic E-state index is -0.495. The van der Waals surface area contributed by atoms with Crippen molar-refractivity contribution in [2.75, 3.05) is 13.2 Å². The van der Waals surface area contributed by atoms with E-state index in [-0.39, 0.29) is 17.8 Å². The highest BCUT2D eigenvalue weighted by atomic mass is 35.5. The molecule has 39 heavy (non-hydrogen) atoms. The molecule has 1 aliphatic carbocycles. The second-order valence-corrected chi connectivity index (χ2v) is 10.2. The maximum atomic E-state index is 13.5. The normalized spacial score (nSPS) is 21.6. The van der Waals surface area contributed by atoms with Crippen molar-refractivity contribution >= 4 is 17.7 Å². The molecule has 1 aromatic heterocycles. The first-order chi connectivity index (χ1) is 19.0. The van der Waals surface area contributed by atoms with Crippen molar-refractivity contribution in [1.29, 1.82) is 0 Å². The lowest BCUT2D eigenvalue weighted by atomic mass is 9.85. The van der Waals surface area contributed by atoms with Crippen LogP contribution in [0.1, 0.15) is 24.4 Å². The number of hydrogen-bond acceptors (Lipinski definition) is 5. The zero-order chi connectivity index (χ0) is 26.8. The highest BCUT2D eigenvalue weighted by Gasteiger charge is 2.43. The molecule has 0 saturated carbocycles. The van der Waals surface area contributed by atoms with E-state index in [1.54, 1.807) is 17.4 Å². The summed E-state index contributed by atoms with van der Waals surface area (Å²) in [6, 6.07) is 13.0. The molecule has 0 saturated heterocycles. The van der Waals surface area contributed by atoms with Gasteiger partial charge in [-0.25, -0.2) is 14.2 Å². The summed E-state index contributed by atoms with van der Waals surface area (Å²) >= 11 is 6.35. The van der Waals surface area contributed by atoms with Gasteiger partial charge in [0.05, 0.1) is 19.0 Å². The zero-order valence-corrected chi connectivity index (χ0v) is 21.9. The smallest absolute Gasteiger partial charge is 0.416 e. The number of rotatable bonds is 7. The molecule has 6 rings (SSSR count). The molecule has 3 atom stereocenters. The topological polar surface area (TPSA) is 68.6 Å². The molecule has 0 radical (unpaired) electrons. The van der Waals surface area contributed by atoms with E-state index in [4.69, 9.17) is 21.1 Å². The molecular weight excluding hydrogens is 519 g/mol. The Morgan fingerprint density at radius 3 is 2.87 bits per heavy atom. The van der Waals surface area contributed by atoms with E-state index in [1.807, 2.05) is 41.1 Å². The van der Waals surface area contributed by atoms with E-state index in [0.29, 0.717) is 30.4 Å². The number of aryl methyl sites for hydroxylation is 1. The Kier molecular flexibility index (Phi) is 7.11. The van der Waals surface area contributed by atoms with Gasteiger partial charge in [0.25, 0.3) is 0 Å². The fourth-order valence-electron chi connectivity index (χ4n) is 5.47. The summed E-state index contributed by atoms with van der Waals surface area (Å²) in [5.41, 5.74) is 3.14. The number of ether oxygens (including phenoxy) is 2. The van der Waals surface area contributed by atoms with Gasteiger partial charge in [0.2, 0.25) is 0 Å². The zero-order valence-electron chi connectivity index (χ0n) is 21.2. The Hall–Kier alpha value is -4.04. The van der Waals surface area contributed by atoms with E-state index in [0.717, 1.165) is 30.0 Å². The predicted molar refractivity (Wildman–Crippen MR) is 146 cm³/mol. The number of amides is 1. The number of allylic oxidation sites excluding steroid dienone is 2. The summed E-state index contributed by atoms with van der Waals surface area (Å²) in [4.78, 5) is 19.3. The molecule has 1 amide bonds. The van der Waals surface area contributed by atoms with E-state index in [1.165, 1.54) is 29.8 Å². The number of nitrogens with zero attached hydrogens (tertiary/aromatic N) is 3. The van der Waals surface area contributed by atoms with Crippen molar-refractivity contribution in [3.05, 3.63) is 113 Å². The van der Waals surface area contributed by atoms with Gasteiger partial charge in [-0.3, -0.25) is 4.90 Å². The van der Waals surface area contributed by atoms with E-state index in [9.17, 15) is 9.18 Å². The first kappa shape index (κ1) is 25.2. The highest BCUT2D eigenvalue weighted by Crippen LogP contribution is 2.45. The third-order valence-electron chi connectivity index (χ3n) is 7.28. The van der Waals surface area contributed by atoms with Gasteiger partial charge in [0.15, 0.2) is 0 Å². The minimum Gasteiger partial charge on any atom is -0.494 e. The Bertz CT molecular complexity index is 1430. The number of fused-ring (bicyclic) bond motifs is 2. The lowest BCUT2D eigenvalue weighted by Gasteiger charge is -2.37. The number of imidazole rings is 1. The third kappa shape index (κ3) is 5.43. The van der Waals surface area contributed by atoms with Crippen molar-refractivity contribution in [2.45, 2.75) is 31.5 Å². The molecule has 2 aromatic carbocycles. The van der Waals surface area contributed by atoms with Gasteiger partial charge in [-0.1, -0.05) is 35.9 Å². The van der Waals surface area contributed by atoms with Crippen LogP contribution in [0.2, 0.25) is 0 Å². The number of halogens is 2. The fraction of sp³-hybridized carbons (Fsp3) is 0.267. The molecule has 3 heterocycles. The molecular formula is C30H28ClFN4O3. The Balaban J connectivity index is 1.26. The average Bonchev–Trinajstić information content (AvgIpc) is 3.60. The molecule has 0 fully saturated rings. The number of hydrogen-bond donors (Lipinski definition) is 1. The van der Waals surface area contributed by atoms with Gasteiger partial charge in [0.1, 0.15) is 23.4 Å². The summed E-state index contributed by atoms with van der Waals surface area (Å²) in [5, 5.41) is 4.36. The molecule has 2 aliphatic heterocycles. The molecule has 3 aromatic rings. The largest absolute Gasteiger partial charge is 0.494 e. The number of nitrogens with one attached hydrogen (secondary N) is 1. The summed E-state index contributed by atoms with van der Waals surface area (Å²) in [6.07, 6.45) is 12.6. The number of carbonyl (C=O) groups excluding carboxylic acids is 1. The number of aromatic nitrogens is 2. The van der Waals surface area contributed by atoms with Crippen LogP contribution in [0, 0.1) is 11.7 Å². The molecule has 3 unspecified atom stereocenters. The van der Waals surface area contributed by atoms with Gasteiger partial charge in [-0.05, 0) is 66.5 Å². The van der Waals surface area contributed by atoms with E-state index >= 15 is 0 Å². The Morgan fingerprint density at radius 1 is 1.18 bits per heavy atom. The minimum absolute atomic E-state index is 0.0793. The third-order valence-corrected chi connectivity index (χ3v) is 7.53. The SMILES string of the molecule is O=C(Oc1ccc(F)cc1)N1CCC2=C(NC3C=CC(Cl)=CC23)C1c1cccc(OCCCn2ccnc2)c1. The van der Waals surface area contributed by atoms with Crippen LogP contribution in [0.4, 0.5) is 9.18 Å². The van der Waals surface area contributed by atoms with Crippen LogP contribution < -0.4 is 14.8 Å². The summed E-state index contributed by atoms with van der Waals surface area (Å²) in [5.74, 6) is 0.772. The lowest BCUT2D eigenvalue weighted by molar-refractivity contribution is 0.133. The first-order valence-electron chi connectivity index (χ1n) is 13.0. The quantitative estimate of drug-likeness (QED) is 0.370. The van der Waals surface area contributed by atoms with Gasteiger partial charge in [-0.2, -0.15) is 0 Å². The van der Waals surface area contributed by atoms with E-state index < -0.39 is 12.1 Å². The van der Waals surface area contributed by atoms with Crippen molar-refractivity contribution in [3.8, 4) is 11.5 Å². The van der Waals surface area contributed by atoms with Crippen LogP contribution >= 0.6 is 11.6 Å². The second-order valence-electron chi connectivity index (χ2n) is 9.79. The number of carbonyl (C=O) groups is 1. The molecule has 1 N–H and O–H groups in total. The maximum Gasteiger partial charge on any atom is 0.416 e. The monoisotopic (exact) mass is 546 g/mol. The van der Waals surface area contributed by atoms with Crippen LogP contribution in [-0.4, -0.2) is 39.7 Å². The summed E-state index contributed by atoms with van der Waals surface area (Å²) in [7, 11) is 0. The highest BCUT2D eigenvalue weighted by molar-refractivity contribution is 6.31. The van der Waals surface area contributed by atoms with Crippen LogP contribution in [0.25, 0.3) is 0 Å². The van der Waals surface area contributed by atoms with Crippen molar-refractivity contribution in [3.63, 3.8) is 0 Å². The van der Waals surface area contributed by atoms with Crippen LogP contribution in [0.5, 0.6) is 11.5 Å². The Labute approximate surface area is 231 Å². The van der Waals surface area contributed by atoms with Gasteiger partial charge in [-0.15, -0.1) is 0 Å². The fourth-order valence-corrected chi connectivity index (χ4v) is 5.68. The van der Waals surface area contributed by atoms with Crippen LogP contribution in [-0.2, 0) is 6.54 Å². The molecule has 0 bridgehead atoms. The van der Waals surface area contributed by atoms with Crippen molar-refractivity contribution in [2.24, 2.45) is 5.92 Å².